The number of aromatic nitrogens is 2. The number of nitrogens with zero attached hydrogens (tertiary/aromatic N) is 3. The van der Waals surface area contributed by atoms with Gasteiger partial charge in [0.05, 0.1) is 10.9 Å². The minimum absolute atomic E-state index is 0.130. The van der Waals surface area contributed by atoms with Crippen molar-refractivity contribution in [2.45, 2.75) is 6.42 Å². The first kappa shape index (κ1) is 12.9. The summed E-state index contributed by atoms with van der Waals surface area (Å²) in [5.41, 5.74) is 6.85. The maximum Gasteiger partial charge on any atom is 0.260 e. The second-order valence-corrected chi connectivity index (χ2v) is 5.31. The molecule has 2 aromatic rings. The summed E-state index contributed by atoms with van der Waals surface area (Å²) < 4.78 is 0. The van der Waals surface area contributed by atoms with Crippen molar-refractivity contribution in [3.63, 3.8) is 0 Å². The molecule has 1 aliphatic rings. The van der Waals surface area contributed by atoms with Crippen LogP contribution in [-0.2, 0) is 0 Å². The number of hydrogen-bond donors (Lipinski definition) is 2. The normalized spacial score (nSPS) is 17.4. The number of likely N-dealkylation sites (N-methyl/N-ethyl adjacent to an activating group) is 1. The summed E-state index contributed by atoms with van der Waals surface area (Å²) in [5.74, 6) is 0.655. The molecule has 0 spiro atoms. The van der Waals surface area contributed by atoms with Gasteiger partial charge in [-0.2, -0.15) is 0 Å². The average Bonchev–Trinajstić information content (AvgIpc) is 2.64. The van der Waals surface area contributed by atoms with Gasteiger partial charge in [-0.25, -0.2) is 4.98 Å². The topological polar surface area (TPSA) is 78.2 Å². The zero-order chi connectivity index (χ0) is 14.1. The molecule has 0 bridgehead atoms. The van der Waals surface area contributed by atoms with Crippen LogP contribution in [-0.4, -0.2) is 48.1 Å². The van der Waals surface area contributed by atoms with Crippen molar-refractivity contribution in [2.75, 3.05) is 43.9 Å². The van der Waals surface area contributed by atoms with Crippen molar-refractivity contribution >= 4 is 22.5 Å². The van der Waals surface area contributed by atoms with Crippen molar-refractivity contribution in [3.05, 3.63) is 28.6 Å². The zero-order valence-electron chi connectivity index (χ0n) is 11.6. The number of fused-ring (bicyclic) bond motifs is 1. The molecular weight excluding hydrogens is 254 g/mol. The lowest BCUT2D eigenvalue weighted by atomic mass is 10.2. The highest BCUT2D eigenvalue weighted by atomic mass is 16.1. The van der Waals surface area contributed by atoms with Crippen molar-refractivity contribution in [1.82, 2.24) is 14.9 Å². The quantitative estimate of drug-likeness (QED) is 0.746. The second kappa shape index (κ2) is 5.13. The van der Waals surface area contributed by atoms with E-state index in [1.165, 1.54) is 0 Å². The minimum atomic E-state index is -0.130. The van der Waals surface area contributed by atoms with Crippen molar-refractivity contribution < 1.29 is 0 Å². The summed E-state index contributed by atoms with van der Waals surface area (Å²) >= 11 is 0. The molecule has 20 heavy (non-hydrogen) atoms. The Morgan fingerprint density at radius 3 is 2.95 bits per heavy atom. The van der Waals surface area contributed by atoms with Crippen LogP contribution < -0.4 is 16.2 Å². The fourth-order valence-corrected chi connectivity index (χ4v) is 2.55. The van der Waals surface area contributed by atoms with E-state index in [-0.39, 0.29) is 5.56 Å². The van der Waals surface area contributed by atoms with Crippen LogP contribution in [0.15, 0.2) is 23.0 Å². The number of nitrogens with two attached hydrogens (primary N) is 1. The van der Waals surface area contributed by atoms with Crippen LogP contribution in [0.5, 0.6) is 0 Å². The van der Waals surface area contributed by atoms with Crippen LogP contribution in [0.4, 0.5) is 11.6 Å². The summed E-state index contributed by atoms with van der Waals surface area (Å²) in [6.07, 6.45) is 1.07. The molecule has 1 fully saturated rings. The lowest BCUT2D eigenvalue weighted by Crippen LogP contribution is -2.31. The van der Waals surface area contributed by atoms with Crippen LogP contribution in [0.2, 0.25) is 0 Å². The molecule has 0 atom stereocenters. The molecule has 1 aromatic heterocycles. The van der Waals surface area contributed by atoms with Gasteiger partial charge in [0.25, 0.3) is 5.56 Å². The number of rotatable bonds is 1. The predicted molar refractivity (Wildman–Crippen MR) is 81.1 cm³/mol. The molecule has 0 unspecified atom stereocenters. The summed E-state index contributed by atoms with van der Waals surface area (Å²) in [5, 5.41) is 0.542. The third kappa shape index (κ3) is 2.46. The molecule has 0 aliphatic carbocycles. The Hall–Kier alpha value is -2.08. The van der Waals surface area contributed by atoms with Gasteiger partial charge >= 0.3 is 0 Å². The SMILES string of the molecule is CN1CCCN(c2nc3ccc(N)cc3c(=O)[nH]2)CC1. The summed E-state index contributed by atoms with van der Waals surface area (Å²) in [6.45, 7) is 3.84. The number of hydrogen-bond acceptors (Lipinski definition) is 5. The third-order valence-corrected chi connectivity index (χ3v) is 3.74. The van der Waals surface area contributed by atoms with Gasteiger partial charge in [-0.05, 0) is 38.2 Å². The van der Waals surface area contributed by atoms with E-state index in [0.29, 0.717) is 22.5 Å². The smallest absolute Gasteiger partial charge is 0.260 e. The summed E-state index contributed by atoms with van der Waals surface area (Å²) in [4.78, 5) is 24.0. The Morgan fingerprint density at radius 1 is 1.25 bits per heavy atom. The van der Waals surface area contributed by atoms with Gasteiger partial charge in [-0.3, -0.25) is 9.78 Å². The number of aromatic amines is 1. The van der Waals surface area contributed by atoms with E-state index in [1.54, 1.807) is 18.2 Å². The van der Waals surface area contributed by atoms with Gasteiger partial charge in [0.2, 0.25) is 5.95 Å². The van der Waals surface area contributed by atoms with E-state index < -0.39 is 0 Å². The van der Waals surface area contributed by atoms with Gasteiger partial charge in [0.1, 0.15) is 0 Å². The fraction of sp³-hybridized carbons (Fsp3) is 0.429. The van der Waals surface area contributed by atoms with E-state index in [2.05, 4.69) is 26.8 Å². The Balaban J connectivity index is 2.00. The Morgan fingerprint density at radius 2 is 2.10 bits per heavy atom. The van der Waals surface area contributed by atoms with E-state index in [0.717, 1.165) is 32.6 Å². The highest BCUT2D eigenvalue weighted by Crippen LogP contribution is 2.15. The Bertz CT molecular complexity index is 681. The van der Waals surface area contributed by atoms with Crippen LogP contribution in [0, 0.1) is 0 Å². The van der Waals surface area contributed by atoms with E-state index in [4.69, 9.17) is 5.73 Å². The number of nitrogen functional groups attached to an aromatic ring is 1. The molecule has 1 aromatic carbocycles. The van der Waals surface area contributed by atoms with Crippen molar-refractivity contribution in [3.8, 4) is 0 Å². The van der Waals surface area contributed by atoms with E-state index in [9.17, 15) is 4.79 Å². The monoisotopic (exact) mass is 273 g/mol. The molecule has 0 radical (unpaired) electrons. The molecule has 3 rings (SSSR count). The zero-order valence-corrected chi connectivity index (χ0v) is 11.6. The first-order chi connectivity index (χ1) is 9.63. The highest BCUT2D eigenvalue weighted by Gasteiger charge is 2.15. The summed E-state index contributed by atoms with van der Waals surface area (Å²) in [7, 11) is 2.11. The Labute approximate surface area is 117 Å². The van der Waals surface area contributed by atoms with Crippen LogP contribution in [0.25, 0.3) is 10.9 Å². The van der Waals surface area contributed by atoms with E-state index >= 15 is 0 Å². The maximum atomic E-state index is 12.2. The van der Waals surface area contributed by atoms with Gasteiger partial charge in [-0.1, -0.05) is 0 Å². The molecule has 106 valence electrons. The Kier molecular flexibility index (Phi) is 3.31. The second-order valence-electron chi connectivity index (χ2n) is 5.31. The summed E-state index contributed by atoms with van der Waals surface area (Å²) in [6, 6.07) is 5.24. The number of H-pyrrole nitrogens is 1. The third-order valence-electron chi connectivity index (χ3n) is 3.74. The molecule has 1 saturated heterocycles. The standard InChI is InChI=1S/C14H19N5O/c1-18-5-2-6-19(8-7-18)14-16-12-4-3-10(15)9-11(12)13(20)17-14/h3-4,9H,2,5-8,15H2,1H3,(H,16,17,20). The highest BCUT2D eigenvalue weighted by molar-refractivity contribution is 5.81. The number of benzene rings is 1. The lowest BCUT2D eigenvalue weighted by Gasteiger charge is -2.21. The largest absolute Gasteiger partial charge is 0.399 e. The first-order valence-electron chi connectivity index (χ1n) is 6.86. The van der Waals surface area contributed by atoms with Crippen molar-refractivity contribution in [1.29, 1.82) is 0 Å². The van der Waals surface area contributed by atoms with Gasteiger partial charge in [0.15, 0.2) is 0 Å². The molecule has 2 heterocycles. The minimum Gasteiger partial charge on any atom is -0.399 e. The molecular formula is C14H19N5O. The molecule has 6 heteroatoms. The fourth-order valence-electron chi connectivity index (χ4n) is 2.55. The van der Waals surface area contributed by atoms with Crippen LogP contribution >= 0.6 is 0 Å². The van der Waals surface area contributed by atoms with Gasteiger partial charge in [-0.15, -0.1) is 0 Å². The first-order valence-corrected chi connectivity index (χ1v) is 6.86. The maximum absolute atomic E-state index is 12.2. The average molecular weight is 273 g/mol. The molecule has 1 aliphatic heterocycles. The number of nitrogens with one attached hydrogen (secondary N) is 1. The van der Waals surface area contributed by atoms with Crippen LogP contribution in [0.3, 0.4) is 0 Å². The molecule has 0 saturated carbocycles. The van der Waals surface area contributed by atoms with Gasteiger partial charge < -0.3 is 15.5 Å². The molecule has 3 N–H and O–H groups in total. The van der Waals surface area contributed by atoms with Crippen LogP contribution in [0.1, 0.15) is 6.42 Å². The van der Waals surface area contributed by atoms with E-state index in [1.807, 2.05) is 0 Å². The van der Waals surface area contributed by atoms with Gasteiger partial charge in [0, 0.05) is 25.3 Å². The predicted octanol–water partition coefficient (Wildman–Crippen LogP) is 0.647. The molecule has 0 amide bonds. The lowest BCUT2D eigenvalue weighted by molar-refractivity contribution is 0.360. The molecule has 6 nitrogen and oxygen atoms in total. The number of anilines is 2. The van der Waals surface area contributed by atoms with Crippen molar-refractivity contribution in [2.24, 2.45) is 0 Å².